The highest BCUT2D eigenvalue weighted by atomic mass is 16.5. The SMILES string of the molecule is CCOc1ccc(C(O)CC(=O)O)cc1C. The van der Waals surface area contributed by atoms with Crippen molar-refractivity contribution in [2.24, 2.45) is 0 Å². The van der Waals surface area contributed by atoms with E-state index in [4.69, 9.17) is 9.84 Å². The van der Waals surface area contributed by atoms with Gasteiger partial charge in [-0.15, -0.1) is 0 Å². The van der Waals surface area contributed by atoms with Crippen LogP contribution < -0.4 is 4.74 Å². The Morgan fingerprint density at radius 1 is 1.50 bits per heavy atom. The molecule has 4 nitrogen and oxygen atoms in total. The number of aliphatic hydroxyl groups is 1. The summed E-state index contributed by atoms with van der Waals surface area (Å²) in [5, 5.41) is 18.2. The molecule has 1 unspecified atom stereocenters. The van der Waals surface area contributed by atoms with Crippen LogP contribution in [-0.2, 0) is 4.79 Å². The Hall–Kier alpha value is -1.55. The van der Waals surface area contributed by atoms with Gasteiger partial charge in [0, 0.05) is 0 Å². The summed E-state index contributed by atoms with van der Waals surface area (Å²) < 4.78 is 5.35. The quantitative estimate of drug-likeness (QED) is 0.801. The third kappa shape index (κ3) is 3.24. The van der Waals surface area contributed by atoms with Crippen LogP contribution in [-0.4, -0.2) is 22.8 Å². The van der Waals surface area contributed by atoms with Crippen molar-refractivity contribution in [1.29, 1.82) is 0 Å². The lowest BCUT2D eigenvalue weighted by Gasteiger charge is -2.12. The third-order valence-electron chi connectivity index (χ3n) is 2.25. The smallest absolute Gasteiger partial charge is 0.306 e. The highest BCUT2D eigenvalue weighted by molar-refractivity contribution is 5.67. The summed E-state index contributed by atoms with van der Waals surface area (Å²) in [6, 6.07) is 5.18. The molecule has 4 heteroatoms. The Balaban J connectivity index is 2.83. The van der Waals surface area contributed by atoms with Crippen molar-refractivity contribution >= 4 is 5.97 Å². The fourth-order valence-corrected chi connectivity index (χ4v) is 1.48. The Morgan fingerprint density at radius 3 is 2.69 bits per heavy atom. The highest BCUT2D eigenvalue weighted by Gasteiger charge is 2.13. The molecule has 1 aromatic carbocycles. The lowest BCUT2D eigenvalue weighted by Crippen LogP contribution is -2.06. The van der Waals surface area contributed by atoms with E-state index in [0.29, 0.717) is 12.2 Å². The number of aliphatic carboxylic acids is 1. The number of hydrogen-bond donors (Lipinski definition) is 2. The molecule has 2 N–H and O–H groups in total. The van der Waals surface area contributed by atoms with Crippen molar-refractivity contribution in [3.63, 3.8) is 0 Å². The van der Waals surface area contributed by atoms with E-state index in [1.165, 1.54) is 0 Å². The number of carbonyl (C=O) groups is 1. The standard InChI is InChI=1S/C12H16O4/c1-3-16-11-5-4-9(6-8(11)2)10(13)7-12(14)15/h4-6,10,13H,3,7H2,1-2H3,(H,14,15). The van der Waals surface area contributed by atoms with E-state index in [2.05, 4.69) is 0 Å². The van der Waals surface area contributed by atoms with Crippen LogP contribution in [0.4, 0.5) is 0 Å². The normalized spacial score (nSPS) is 12.2. The zero-order valence-electron chi connectivity index (χ0n) is 9.43. The predicted octanol–water partition coefficient (Wildman–Crippen LogP) is 1.90. The topological polar surface area (TPSA) is 66.8 Å². The van der Waals surface area contributed by atoms with Gasteiger partial charge >= 0.3 is 5.97 Å². The van der Waals surface area contributed by atoms with Gasteiger partial charge < -0.3 is 14.9 Å². The van der Waals surface area contributed by atoms with Crippen molar-refractivity contribution in [3.8, 4) is 5.75 Å². The van der Waals surface area contributed by atoms with Gasteiger partial charge in [0.05, 0.1) is 19.1 Å². The van der Waals surface area contributed by atoms with E-state index in [1.54, 1.807) is 18.2 Å². The highest BCUT2D eigenvalue weighted by Crippen LogP contribution is 2.24. The van der Waals surface area contributed by atoms with Gasteiger partial charge in [-0.2, -0.15) is 0 Å². The first-order chi connectivity index (χ1) is 7.54. The van der Waals surface area contributed by atoms with Gasteiger partial charge in [0.15, 0.2) is 0 Å². The average molecular weight is 224 g/mol. The molecule has 0 amide bonds. The molecule has 0 aromatic heterocycles. The van der Waals surface area contributed by atoms with E-state index in [0.717, 1.165) is 11.3 Å². The number of carboxylic acid groups (broad SMARTS) is 1. The number of carboxylic acids is 1. The summed E-state index contributed by atoms with van der Waals surface area (Å²) in [5.74, 6) is -0.257. The molecule has 0 spiro atoms. The second-order valence-corrected chi connectivity index (χ2v) is 3.57. The Morgan fingerprint density at radius 2 is 2.19 bits per heavy atom. The largest absolute Gasteiger partial charge is 0.494 e. The summed E-state index contributed by atoms with van der Waals surface area (Å²) in [6.45, 7) is 4.34. The van der Waals surface area contributed by atoms with Gasteiger partial charge in [0.25, 0.3) is 0 Å². The number of benzene rings is 1. The molecule has 1 rings (SSSR count). The molecule has 1 atom stereocenters. The molecule has 88 valence electrons. The third-order valence-corrected chi connectivity index (χ3v) is 2.25. The van der Waals surface area contributed by atoms with Crippen molar-refractivity contribution in [2.45, 2.75) is 26.4 Å². The summed E-state index contributed by atoms with van der Waals surface area (Å²) >= 11 is 0. The van der Waals surface area contributed by atoms with E-state index in [1.807, 2.05) is 13.8 Å². The fraction of sp³-hybridized carbons (Fsp3) is 0.417. The Bertz CT molecular complexity index is 373. The molecule has 0 saturated heterocycles. The molecule has 1 aromatic rings. The average Bonchev–Trinajstić information content (AvgIpc) is 2.20. The van der Waals surface area contributed by atoms with Crippen LogP contribution in [0.2, 0.25) is 0 Å². The number of aliphatic hydroxyl groups excluding tert-OH is 1. The van der Waals surface area contributed by atoms with Crippen molar-refractivity contribution in [1.82, 2.24) is 0 Å². The molecule has 16 heavy (non-hydrogen) atoms. The van der Waals surface area contributed by atoms with Gasteiger partial charge in [-0.3, -0.25) is 4.79 Å². The lowest BCUT2D eigenvalue weighted by molar-refractivity contribution is -0.139. The molecule has 0 heterocycles. The molecular weight excluding hydrogens is 208 g/mol. The molecule has 0 saturated carbocycles. The first-order valence-corrected chi connectivity index (χ1v) is 5.17. The van der Waals surface area contributed by atoms with Crippen molar-refractivity contribution in [3.05, 3.63) is 29.3 Å². The summed E-state index contributed by atoms with van der Waals surface area (Å²) in [4.78, 5) is 10.5. The van der Waals surface area contributed by atoms with E-state index >= 15 is 0 Å². The van der Waals surface area contributed by atoms with Crippen LogP contribution in [0.1, 0.15) is 30.6 Å². The zero-order valence-corrected chi connectivity index (χ0v) is 9.43. The van der Waals surface area contributed by atoms with E-state index in [9.17, 15) is 9.90 Å². The minimum atomic E-state index is -1.01. The number of rotatable bonds is 5. The molecule has 0 radical (unpaired) electrons. The number of ether oxygens (including phenoxy) is 1. The summed E-state index contributed by atoms with van der Waals surface area (Å²) in [6.07, 6.45) is -1.25. The monoisotopic (exact) mass is 224 g/mol. The van der Waals surface area contributed by atoms with Gasteiger partial charge in [0.1, 0.15) is 5.75 Å². The van der Waals surface area contributed by atoms with Gasteiger partial charge in [0.2, 0.25) is 0 Å². The minimum Gasteiger partial charge on any atom is -0.494 e. The molecule has 0 fully saturated rings. The first-order valence-electron chi connectivity index (χ1n) is 5.17. The van der Waals surface area contributed by atoms with Crippen LogP contribution in [0.3, 0.4) is 0 Å². The molecular formula is C12H16O4. The molecule has 0 aliphatic heterocycles. The molecule has 0 bridgehead atoms. The fourth-order valence-electron chi connectivity index (χ4n) is 1.48. The van der Waals surface area contributed by atoms with Crippen LogP contribution in [0.25, 0.3) is 0 Å². The maximum absolute atomic E-state index is 10.5. The second-order valence-electron chi connectivity index (χ2n) is 3.57. The predicted molar refractivity (Wildman–Crippen MR) is 59.6 cm³/mol. The number of aryl methyl sites for hydroxylation is 1. The maximum atomic E-state index is 10.5. The van der Waals surface area contributed by atoms with Crippen LogP contribution in [0.5, 0.6) is 5.75 Å². The van der Waals surface area contributed by atoms with E-state index < -0.39 is 12.1 Å². The van der Waals surface area contributed by atoms with E-state index in [-0.39, 0.29) is 6.42 Å². The van der Waals surface area contributed by atoms with Crippen molar-refractivity contribution < 1.29 is 19.7 Å². The second kappa shape index (κ2) is 5.51. The minimum absolute atomic E-state index is 0.284. The van der Waals surface area contributed by atoms with Crippen LogP contribution in [0.15, 0.2) is 18.2 Å². The van der Waals surface area contributed by atoms with Crippen LogP contribution in [0, 0.1) is 6.92 Å². The molecule has 0 aliphatic rings. The summed E-state index contributed by atoms with van der Waals surface area (Å²) in [7, 11) is 0. The van der Waals surface area contributed by atoms with Gasteiger partial charge in [-0.1, -0.05) is 6.07 Å². The molecule has 0 aliphatic carbocycles. The lowest BCUT2D eigenvalue weighted by atomic mass is 10.0. The Kier molecular flexibility index (Phi) is 4.31. The first kappa shape index (κ1) is 12.5. The van der Waals surface area contributed by atoms with Gasteiger partial charge in [-0.05, 0) is 37.1 Å². The Labute approximate surface area is 94.5 Å². The number of hydrogen-bond acceptors (Lipinski definition) is 3. The van der Waals surface area contributed by atoms with Crippen LogP contribution >= 0.6 is 0 Å². The van der Waals surface area contributed by atoms with Crippen molar-refractivity contribution in [2.75, 3.05) is 6.61 Å². The zero-order chi connectivity index (χ0) is 12.1. The van der Waals surface area contributed by atoms with Gasteiger partial charge in [-0.25, -0.2) is 0 Å². The maximum Gasteiger partial charge on any atom is 0.306 e. The summed E-state index contributed by atoms with van der Waals surface area (Å²) in [5.41, 5.74) is 1.49.